The second-order valence-electron chi connectivity index (χ2n) is 4.55. The summed E-state index contributed by atoms with van der Waals surface area (Å²) in [4.78, 5) is 11.4. The molecule has 0 bridgehead atoms. The second-order valence-corrected chi connectivity index (χ2v) is 4.55. The van der Waals surface area contributed by atoms with E-state index < -0.39 is 0 Å². The number of phenolic OH excluding ortho intramolecular Hbond substituents is 1. The maximum absolute atomic E-state index is 11.4. The number of carbonyl (C=O) groups excluding carboxylic acids is 1. The molecule has 20 heavy (non-hydrogen) atoms. The topological polar surface area (TPSA) is 61.4 Å². The molecule has 0 radical (unpaired) electrons. The van der Waals surface area contributed by atoms with Gasteiger partial charge in [-0.15, -0.1) is 0 Å². The largest absolute Gasteiger partial charge is 0.508 e. The van der Waals surface area contributed by atoms with Crippen LogP contribution >= 0.6 is 0 Å². The minimum Gasteiger partial charge on any atom is -0.508 e. The predicted molar refractivity (Wildman–Crippen MR) is 78.5 cm³/mol. The SMILES string of the molecule is CNC(=O)c1ccc(CNCc2ccc(O)cc2)cc1. The molecule has 0 aliphatic carbocycles. The van der Waals surface area contributed by atoms with E-state index in [4.69, 9.17) is 0 Å². The summed E-state index contributed by atoms with van der Waals surface area (Å²) in [6, 6.07) is 14.6. The van der Waals surface area contributed by atoms with Crippen LogP contribution in [0.1, 0.15) is 21.5 Å². The van der Waals surface area contributed by atoms with Crippen LogP contribution in [0.4, 0.5) is 0 Å². The van der Waals surface area contributed by atoms with Crippen molar-refractivity contribution in [3.8, 4) is 5.75 Å². The van der Waals surface area contributed by atoms with E-state index in [1.54, 1.807) is 19.2 Å². The van der Waals surface area contributed by atoms with Crippen molar-refractivity contribution in [2.75, 3.05) is 7.05 Å². The predicted octanol–water partition coefficient (Wildman–Crippen LogP) is 2.04. The monoisotopic (exact) mass is 270 g/mol. The van der Waals surface area contributed by atoms with Gasteiger partial charge in [-0.25, -0.2) is 0 Å². The molecule has 0 saturated carbocycles. The fraction of sp³-hybridized carbons (Fsp3) is 0.188. The van der Waals surface area contributed by atoms with Crippen molar-refractivity contribution >= 4 is 5.91 Å². The molecule has 3 N–H and O–H groups in total. The molecule has 0 aliphatic rings. The van der Waals surface area contributed by atoms with Gasteiger partial charge < -0.3 is 15.7 Å². The van der Waals surface area contributed by atoms with Crippen LogP contribution in [-0.4, -0.2) is 18.1 Å². The number of hydrogen-bond acceptors (Lipinski definition) is 3. The number of carbonyl (C=O) groups is 1. The van der Waals surface area contributed by atoms with E-state index in [2.05, 4.69) is 10.6 Å². The smallest absolute Gasteiger partial charge is 0.251 e. The number of nitrogens with one attached hydrogen (secondary N) is 2. The molecular weight excluding hydrogens is 252 g/mol. The summed E-state index contributed by atoms with van der Waals surface area (Å²) < 4.78 is 0. The molecule has 2 aromatic rings. The van der Waals surface area contributed by atoms with Gasteiger partial charge >= 0.3 is 0 Å². The number of benzene rings is 2. The Labute approximate surface area is 118 Å². The summed E-state index contributed by atoms with van der Waals surface area (Å²) >= 11 is 0. The normalized spacial score (nSPS) is 10.2. The minimum absolute atomic E-state index is 0.0754. The molecule has 0 saturated heterocycles. The zero-order valence-corrected chi connectivity index (χ0v) is 11.4. The molecule has 0 fully saturated rings. The summed E-state index contributed by atoms with van der Waals surface area (Å²) in [5.74, 6) is 0.201. The van der Waals surface area contributed by atoms with Gasteiger partial charge in [-0.05, 0) is 35.4 Å². The van der Waals surface area contributed by atoms with Crippen LogP contribution in [0.15, 0.2) is 48.5 Å². The Kier molecular flexibility index (Phi) is 4.74. The van der Waals surface area contributed by atoms with Crippen molar-refractivity contribution in [2.24, 2.45) is 0 Å². The van der Waals surface area contributed by atoms with Crippen LogP contribution in [0.3, 0.4) is 0 Å². The first kappa shape index (κ1) is 14.1. The molecule has 4 heteroatoms. The van der Waals surface area contributed by atoms with Crippen LogP contribution in [0.25, 0.3) is 0 Å². The van der Waals surface area contributed by atoms with Crippen LogP contribution in [-0.2, 0) is 13.1 Å². The third-order valence-corrected chi connectivity index (χ3v) is 3.04. The molecule has 2 aromatic carbocycles. The molecule has 1 amide bonds. The standard InChI is InChI=1S/C16H18N2O2/c1-17-16(20)14-6-2-12(3-7-14)10-18-11-13-4-8-15(19)9-5-13/h2-9,18-19H,10-11H2,1H3,(H,17,20). The summed E-state index contributed by atoms with van der Waals surface area (Å²) in [6.07, 6.45) is 0. The first-order valence-electron chi connectivity index (χ1n) is 6.48. The Morgan fingerprint density at radius 3 is 1.95 bits per heavy atom. The van der Waals surface area contributed by atoms with Gasteiger partial charge in [0.1, 0.15) is 5.75 Å². The van der Waals surface area contributed by atoms with E-state index in [1.807, 2.05) is 36.4 Å². The van der Waals surface area contributed by atoms with Crippen molar-refractivity contribution in [2.45, 2.75) is 13.1 Å². The average molecular weight is 270 g/mol. The highest BCUT2D eigenvalue weighted by Crippen LogP contribution is 2.10. The van der Waals surface area contributed by atoms with Gasteiger partial charge in [0.05, 0.1) is 0 Å². The molecule has 0 unspecified atom stereocenters. The molecule has 0 aliphatic heterocycles. The van der Waals surface area contributed by atoms with E-state index >= 15 is 0 Å². The molecule has 104 valence electrons. The van der Waals surface area contributed by atoms with E-state index in [9.17, 15) is 9.90 Å². The average Bonchev–Trinajstić information content (AvgIpc) is 2.49. The Morgan fingerprint density at radius 2 is 1.45 bits per heavy atom. The lowest BCUT2D eigenvalue weighted by Gasteiger charge is -2.06. The van der Waals surface area contributed by atoms with E-state index in [0.717, 1.165) is 24.2 Å². The Bertz CT molecular complexity index is 562. The molecule has 0 heterocycles. The highest BCUT2D eigenvalue weighted by molar-refractivity contribution is 5.93. The number of rotatable bonds is 5. The van der Waals surface area contributed by atoms with Gasteiger partial charge in [0.15, 0.2) is 0 Å². The Hall–Kier alpha value is -2.33. The van der Waals surface area contributed by atoms with Crippen LogP contribution in [0.2, 0.25) is 0 Å². The van der Waals surface area contributed by atoms with Crippen molar-refractivity contribution in [3.63, 3.8) is 0 Å². The number of phenols is 1. The first-order chi connectivity index (χ1) is 9.69. The Morgan fingerprint density at radius 1 is 0.950 bits per heavy atom. The molecule has 2 rings (SSSR count). The lowest BCUT2D eigenvalue weighted by molar-refractivity contribution is 0.0963. The van der Waals surface area contributed by atoms with Crippen LogP contribution in [0, 0.1) is 0 Å². The molecule has 0 atom stereocenters. The number of hydrogen-bond donors (Lipinski definition) is 3. The van der Waals surface area contributed by atoms with Gasteiger partial charge in [0.25, 0.3) is 5.91 Å². The lowest BCUT2D eigenvalue weighted by atomic mass is 10.1. The highest BCUT2D eigenvalue weighted by atomic mass is 16.3. The summed E-state index contributed by atoms with van der Waals surface area (Å²) in [7, 11) is 1.62. The van der Waals surface area contributed by atoms with Crippen molar-refractivity contribution in [1.82, 2.24) is 10.6 Å². The van der Waals surface area contributed by atoms with Crippen molar-refractivity contribution in [3.05, 3.63) is 65.2 Å². The van der Waals surface area contributed by atoms with Crippen molar-refractivity contribution < 1.29 is 9.90 Å². The zero-order chi connectivity index (χ0) is 14.4. The molecule has 0 spiro atoms. The maximum Gasteiger partial charge on any atom is 0.251 e. The van der Waals surface area contributed by atoms with Gasteiger partial charge in [0.2, 0.25) is 0 Å². The lowest BCUT2D eigenvalue weighted by Crippen LogP contribution is -2.18. The summed E-state index contributed by atoms with van der Waals surface area (Å²) in [6.45, 7) is 1.46. The van der Waals surface area contributed by atoms with Gasteiger partial charge in [0, 0.05) is 25.7 Å². The summed E-state index contributed by atoms with van der Waals surface area (Å²) in [5, 5.41) is 15.1. The van der Waals surface area contributed by atoms with E-state index in [-0.39, 0.29) is 11.7 Å². The minimum atomic E-state index is -0.0754. The fourth-order valence-electron chi connectivity index (χ4n) is 1.88. The van der Waals surface area contributed by atoms with Crippen LogP contribution in [0.5, 0.6) is 5.75 Å². The third kappa shape index (κ3) is 3.83. The summed E-state index contributed by atoms with van der Waals surface area (Å²) in [5.41, 5.74) is 2.90. The van der Waals surface area contributed by atoms with Crippen molar-refractivity contribution in [1.29, 1.82) is 0 Å². The maximum atomic E-state index is 11.4. The number of amides is 1. The Balaban J connectivity index is 1.85. The molecular formula is C16H18N2O2. The third-order valence-electron chi connectivity index (χ3n) is 3.04. The fourth-order valence-corrected chi connectivity index (χ4v) is 1.88. The first-order valence-corrected chi connectivity index (χ1v) is 6.48. The second kappa shape index (κ2) is 6.73. The van der Waals surface area contributed by atoms with Gasteiger partial charge in [-0.2, -0.15) is 0 Å². The van der Waals surface area contributed by atoms with Gasteiger partial charge in [-0.1, -0.05) is 24.3 Å². The van der Waals surface area contributed by atoms with Crippen LogP contribution < -0.4 is 10.6 Å². The highest BCUT2D eigenvalue weighted by Gasteiger charge is 2.02. The quantitative estimate of drug-likeness (QED) is 0.779. The molecule has 0 aromatic heterocycles. The van der Waals surface area contributed by atoms with Gasteiger partial charge in [-0.3, -0.25) is 4.79 Å². The van der Waals surface area contributed by atoms with E-state index in [1.165, 1.54) is 0 Å². The molecule has 4 nitrogen and oxygen atoms in total. The van der Waals surface area contributed by atoms with E-state index in [0.29, 0.717) is 5.56 Å². The number of aromatic hydroxyl groups is 1. The zero-order valence-electron chi connectivity index (χ0n) is 11.4.